The first-order chi connectivity index (χ1) is 8.86. The molecule has 1 aromatic rings. The molecule has 0 aliphatic rings. The van der Waals surface area contributed by atoms with E-state index in [1.54, 1.807) is 6.92 Å². The van der Waals surface area contributed by atoms with Gasteiger partial charge in [-0.2, -0.15) is 4.31 Å². The molecule has 0 saturated carbocycles. The van der Waals surface area contributed by atoms with Crippen LogP contribution in [-0.4, -0.2) is 30.3 Å². The van der Waals surface area contributed by atoms with Crippen LogP contribution in [0.15, 0.2) is 30.3 Å². The zero-order chi connectivity index (χ0) is 14.5. The highest BCUT2D eigenvalue weighted by molar-refractivity contribution is 7.89. The summed E-state index contributed by atoms with van der Waals surface area (Å²) in [6, 6.07) is 9.34. The standard InChI is InChI=1S/C13H18ClNO3S/c1-3-15(9-12-7-5-4-6-8-12)19(17,18)10-11(2)13(14)16/h4-8,11H,3,9-10H2,1-2H3. The Bertz CT molecular complexity index is 516. The van der Waals surface area contributed by atoms with Crippen molar-refractivity contribution in [2.24, 2.45) is 5.92 Å². The first-order valence-corrected chi connectivity index (χ1v) is 8.06. The Morgan fingerprint density at radius 1 is 1.32 bits per heavy atom. The molecule has 19 heavy (non-hydrogen) atoms. The fourth-order valence-corrected chi connectivity index (χ4v) is 3.58. The lowest BCUT2D eigenvalue weighted by Crippen LogP contribution is -2.35. The third-order valence-corrected chi connectivity index (χ3v) is 5.26. The van der Waals surface area contributed by atoms with Gasteiger partial charge in [0.05, 0.1) is 5.75 Å². The predicted molar refractivity (Wildman–Crippen MR) is 76.3 cm³/mol. The topological polar surface area (TPSA) is 54.5 Å². The van der Waals surface area contributed by atoms with Crippen LogP contribution in [0.3, 0.4) is 0 Å². The first-order valence-electron chi connectivity index (χ1n) is 6.08. The minimum absolute atomic E-state index is 0.254. The normalized spacial score (nSPS) is 13.5. The van der Waals surface area contributed by atoms with Crippen LogP contribution in [0.5, 0.6) is 0 Å². The van der Waals surface area contributed by atoms with Gasteiger partial charge in [0.1, 0.15) is 0 Å². The van der Waals surface area contributed by atoms with E-state index in [9.17, 15) is 13.2 Å². The smallest absolute Gasteiger partial charge is 0.225 e. The average Bonchev–Trinajstić information content (AvgIpc) is 2.36. The van der Waals surface area contributed by atoms with E-state index >= 15 is 0 Å². The van der Waals surface area contributed by atoms with Crippen LogP contribution in [-0.2, 0) is 21.4 Å². The van der Waals surface area contributed by atoms with Crippen LogP contribution in [0.4, 0.5) is 0 Å². The molecule has 0 bridgehead atoms. The summed E-state index contributed by atoms with van der Waals surface area (Å²) in [7, 11) is -3.49. The Hall–Kier alpha value is -0.910. The minimum atomic E-state index is -3.49. The van der Waals surface area contributed by atoms with Gasteiger partial charge in [-0.1, -0.05) is 44.2 Å². The van der Waals surface area contributed by atoms with Gasteiger partial charge in [-0.15, -0.1) is 0 Å². The van der Waals surface area contributed by atoms with Crippen LogP contribution in [0, 0.1) is 5.92 Å². The minimum Gasteiger partial charge on any atom is -0.281 e. The highest BCUT2D eigenvalue weighted by atomic mass is 35.5. The van der Waals surface area contributed by atoms with E-state index < -0.39 is 21.2 Å². The highest BCUT2D eigenvalue weighted by Gasteiger charge is 2.25. The van der Waals surface area contributed by atoms with Crippen molar-refractivity contribution in [3.05, 3.63) is 35.9 Å². The lowest BCUT2D eigenvalue weighted by atomic mass is 10.2. The Labute approximate surface area is 119 Å². The molecule has 0 fully saturated rings. The van der Waals surface area contributed by atoms with E-state index in [0.717, 1.165) is 5.56 Å². The molecule has 0 heterocycles. The number of nitrogens with zero attached hydrogens (tertiary/aromatic N) is 1. The van der Waals surface area contributed by atoms with Gasteiger partial charge >= 0.3 is 0 Å². The van der Waals surface area contributed by atoms with E-state index in [2.05, 4.69) is 0 Å². The van der Waals surface area contributed by atoms with Gasteiger partial charge < -0.3 is 0 Å². The lowest BCUT2D eigenvalue weighted by molar-refractivity contribution is -0.114. The lowest BCUT2D eigenvalue weighted by Gasteiger charge is -2.21. The van der Waals surface area contributed by atoms with Crippen LogP contribution in [0.1, 0.15) is 19.4 Å². The largest absolute Gasteiger partial charge is 0.281 e. The van der Waals surface area contributed by atoms with Gasteiger partial charge in [-0.25, -0.2) is 8.42 Å². The summed E-state index contributed by atoms with van der Waals surface area (Å²) in [6.45, 7) is 3.96. The van der Waals surface area contributed by atoms with Crippen molar-refractivity contribution in [3.63, 3.8) is 0 Å². The number of carbonyl (C=O) groups excluding carboxylic acids is 1. The van der Waals surface area contributed by atoms with Gasteiger partial charge in [0.25, 0.3) is 0 Å². The fourth-order valence-electron chi connectivity index (χ4n) is 1.68. The second kappa shape index (κ2) is 7.03. The number of hydrogen-bond donors (Lipinski definition) is 0. The van der Waals surface area contributed by atoms with E-state index in [-0.39, 0.29) is 5.75 Å². The van der Waals surface area contributed by atoms with Gasteiger partial charge in [0, 0.05) is 19.0 Å². The molecule has 1 unspecified atom stereocenters. The number of rotatable bonds is 7. The maximum Gasteiger partial charge on any atom is 0.225 e. The second-order valence-electron chi connectivity index (χ2n) is 4.40. The summed E-state index contributed by atoms with van der Waals surface area (Å²) < 4.78 is 25.8. The summed E-state index contributed by atoms with van der Waals surface area (Å²) in [4.78, 5) is 11.0. The van der Waals surface area contributed by atoms with Gasteiger partial charge in [-0.3, -0.25) is 4.79 Å². The van der Waals surface area contributed by atoms with Crippen molar-refractivity contribution >= 4 is 26.9 Å². The molecule has 0 aromatic heterocycles. The molecule has 1 aromatic carbocycles. The summed E-state index contributed by atoms with van der Waals surface area (Å²) >= 11 is 5.32. The molecule has 0 radical (unpaired) electrons. The maximum atomic E-state index is 12.2. The molecule has 106 valence electrons. The molecule has 6 heteroatoms. The molecule has 4 nitrogen and oxygen atoms in total. The average molecular weight is 304 g/mol. The van der Waals surface area contributed by atoms with Crippen molar-refractivity contribution in [1.82, 2.24) is 4.31 Å². The van der Waals surface area contributed by atoms with Gasteiger partial charge in [0.15, 0.2) is 0 Å². The predicted octanol–water partition coefficient (Wildman–Crippen LogP) is 2.24. The molecular formula is C13H18ClNO3S. The molecule has 0 saturated heterocycles. The third kappa shape index (κ3) is 4.93. The van der Waals surface area contributed by atoms with Crippen molar-refractivity contribution in [2.75, 3.05) is 12.3 Å². The SMILES string of the molecule is CCN(Cc1ccccc1)S(=O)(=O)CC(C)C(=O)Cl. The Kier molecular flexibility index (Phi) is 5.97. The van der Waals surface area contributed by atoms with E-state index in [4.69, 9.17) is 11.6 Å². The Morgan fingerprint density at radius 2 is 1.89 bits per heavy atom. The Balaban J connectivity index is 2.81. The number of hydrogen-bond acceptors (Lipinski definition) is 3. The van der Waals surface area contributed by atoms with Crippen LogP contribution < -0.4 is 0 Å². The molecular weight excluding hydrogens is 286 g/mol. The zero-order valence-corrected chi connectivity index (χ0v) is 12.6. The number of carbonyl (C=O) groups is 1. The van der Waals surface area contributed by atoms with Crippen LogP contribution >= 0.6 is 11.6 Å². The molecule has 0 aliphatic carbocycles. The van der Waals surface area contributed by atoms with Gasteiger partial charge in [-0.05, 0) is 17.2 Å². The molecule has 0 amide bonds. The molecule has 0 N–H and O–H groups in total. The number of sulfonamides is 1. The quantitative estimate of drug-likeness (QED) is 0.726. The van der Waals surface area contributed by atoms with Crippen molar-refractivity contribution < 1.29 is 13.2 Å². The number of halogens is 1. The Morgan fingerprint density at radius 3 is 2.37 bits per heavy atom. The van der Waals surface area contributed by atoms with E-state index in [0.29, 0.717) is 13.1 Å². The first kappa shape index (κ1) is 16.1. The summed E-state index contributed by atoms with van der Waals surface area (Å²) in [5.74, 6) is -0.952. The zero-order valence-electron chi connectivity index (χ0n) is 11.0. The monoisotopic (exact) mass is 303 g/mol. The van der Waals surface area contributed by atoms with E-state index in [1.165, 1.54) is 11.2 Å². The van der Waals surface area contributed by atoms with Crippen LogP contribution in [0.2, 0.25) is 0 Å². The molecule has 1 atom stereocenters. The fraction of sp³-hybridized carbons (Fsp3) is 0.462. The third-order valence-electron chi connectivity index (χ3n) is 2.80. The van der Waals surface area contributed by atoms with Crippen molar-refractivity contribution in [3.8, 4) is 0 Å². The van der Waals surface area contributed by atoms with Crippen LogP contribution in [0.25, 0.3) is 0 Å². The van der Waals surface area contributed by atoms with Crippen molar-refractivity contribution in [1.29, 1.82) is 0 Å². The highest BCUT2D eigenvalue weighted by Crippen LogP contribution is 2.13. The summed E-state index contributed by atoms with van der Waals surface area (Å²) in [6.07, 6.45) is 0. The van der Waals surface area contributed by atoms with Gasteiger partial charge in [0.2, 0.25) is 15.3 Å². The molecule has 1 rings (SSSR count). The van der Waals surface area contributed by atoms with Crippen molar-refractivity contribution in [2.45, 2.75) is 20.4 Å². The number of benzene rings is 1. The molecule has 0 spiro atoms. The van der Waals surface area contributed by atoms with E-state index in [1.807, 2.05) is 30.3 Å². The maximum absolute atomic E-state index is 12.2. The summed E-state index contributed by atoms with van der Waals surface area (Å²) in [5.41, 5.74) is 0.915. The summed E-state index contributed by atoms with van der Waals surface area (Å²) in [5, 5.41) is -0.626. The second-order valence-corrected chi connectivity index (χ2v) is 6.78. The molecule has 0 aliphatic heterocycles.